The molecular formula is C27H31N3O4S2. The van der Waals surface area contributed by atoms with Crippen molar-refractivity contribution in [2.24, 2.45) is 0 Å². The van der Waals surface area contributed by atoms with E-state index in [1.807, 2.05) is 20.1 Å². The summed E-state index contributed by atoms with van der Waals surface area (Å²) in [5.74, 6) is -0.541. The first kappa shape index (κ1) is 27.3. The molecule has 0 radical (unpaired) electrons. The number of rotatable bonds is 10. The average molecular weight is 526 g/mol. The molecule has 36 heavy (non-hydrogen) atoms. The highest BCUT2D eigenvalue weighted by atomic mass is 32.2. The maximum Gasteiger partial charge on any atom is 0.264 e. The third-order valence-corrected chi connectivity index (χ3v) is 8.47. The molecule has 0 aliphatic carbocycles. The lowest BCUT2D eigenvalue weighted by Gasteiger charge is -2.23. The largest absolute Gasteiger partial charge is 0.339 e. The molecule has 3 aromatic carbocycles. The Morgan fingerprint density at radius 2 is 1.44 bits per heavy atom. The van der Waals surface area contributed by atoms with Gasteiger partial charge in [-0.1, -0.05) is 12.1 Å². The van der Waals surface area contributed by atoms with E-state index < -0.39 is 10.0 Å². The summed E-state index contributed by atoms with van der Waals surface area (Å²) < 4.78 is 27.8. The molecule has 0 bridgehead atoms. The number of nitrogens with zero attached hydrogens (tertiary/aromatic N) is 2. The van der Waals surface area contributed by atoms with Crippen LogP contribution in [0.3, 0.4) is 0 Å². The molecule has 0 heterocycles. The zero-order chi connectivity index (χ0) is 26.3. The van der Waals surface area contributed by atoms with Gasteiger partial charge in [0.25, 0.3) is 21.8 Å². The van der Waals surface area contributed by atoms with Crippen molar-refractivity contribution in [3.63, 3.8) is 0 Å². The summed E-state index contributed by atoms with van der Waals surface area (Å²) in [6.45, 7) is 6.94. The summed E-state index contributed by atoms with van der Waals surface area (Å²) in [4.78, 5) is 28.7. The van der Waals surface area contributed by atoms with Crippen molar-refractivity contribution in [1.29, 1.82) is 0 Å². The van der Waals surface area contributed by atoms with E-state index in [4.69, 9.17) is 0 Å². The van der Waals surface area contributed by atoms with E-state index in [-0.39, 0.29) is 23.3 Å². The smallest absolute Gasteiger partial charge is 0.264 e. The molecule has 3 rings (SSSR count). The van der Waals surface area contributed by atoms with Crippen molar-refractivity contribution < 1.29 is 18.0 Å². The van der Waals surface area contributed by atoms with Gasteiger partial charge in [-0.2, -0.15) is 0 Å². The van der Waals surface area contributed by atoms with Gasteiger partial charge < -0.3 is 10.2 Å². The van der Waals surface area contributed by atoms with E-state index in [1.165, 1.54) is 4.31 Å². The molecule has 0 aliphatic rings. The van der Waals surface area contributed by atoms with E-state index in [9.17, 15) is 18.0 Å². The number of nitrogens with one attached hydrogen (secondary N) is 1. The van der Waals surface area contributed by atoms with Crippen molar-refractivity contribution in [2.45, 2.75) is 30.6 Å². The van der Waals surface area contributed by atoms with Crippen LogP contribution in [0, 0.1) is 0 Å². The van der Waals surface area contributed by atoms with Gasteiger partial charge in [0, 0.05) is 30.1 Å². The summed E-state index contributed by atoms with van der Waals surface area (Å²) in [5, 5.41) is 2.82. The number of para-hydroxylation sites is 1. The van der Waals surface area contributed by atoms with Gasteiger partial charge in [-0.15, -0.1) is 11.8 Å². The van der Waals surface area contributed by atoms with Crippen LogP contribution >= 0.6 is 11.8 Å². The van der Waals surface area contributed by atoms with Crippen LogP contribution in [0.5, 0.6) is 0 Å². The van der Waals surface area contributed by atoms with Crippen LogP contribution in [-0.4, -0.2) is 51.0 Å². The Kier molecular flexibility index (Phi) is 9.17. The Bertz CT molecular complexity index is 1300. The van der Waals surface area contributed by atoms with Gasteiger partial charge in [0.05, 0.1) is 21.8 Å². The molecular weight excluding hydrogens is 494 g/mol. The standard InChI is InChI=1S/C27H31N3O4S2/c1-5-29(6-2)27(32)24-10-8-9-11-25(24)28-26(31)20-12-14-21(15-13-20)30(7-3)36(33,34)23-18-16-22(35-4)17-19-23/h8-19H,5-7H2,1-4H3,(H,28,31). The second kappa shape index (κ2) is 12.1. The number of hydrogen-bond acceptors (Lipinski definition) is 5. The zero-order valence-electron chi connectivity index (χ0n) is 20.9. The lowest BCUT2D eigenvalue weighted by atomic mass is 10.1. The predicted molar refractivity (Wildman–Crippen MR) is 147 cm³/mol. The molecule has 0 spiro atoms. The fourth-order valence-electron chi connectivity index (χ4n) is 3.80. The summed E-state index contributed by atoms with van der Waals surface area (Å²) in [6.07, 6.45) is 1.93. The van der Waals surface area contributed by atoms with Crippen molar-refractivity contribution in [2.75, 3.05) is 35.5 Å². The predicted octanol–water partition coefficient (Wildman–Crippen LogP) is 5.36. The van der Waals surface area contributed by atoms with Crippen LogP contribution < -0.4 is 9.62 Å². The molecule has 7 nitrogen and oxygen atoms in total. The van der Waals surface area contributed by atoms with Gasteiger partial charge in [0.15, 0.2) is 0 Å². The topological polar surface area (TPSA) is 86.8 Å². The first-order chi connectivity index (χ1) is 17.3. The van der Waals surface area contributed by atoms with Gasteiger partial charge in [-0.05, 0) is 87.7 Å². The van der Waals surface area contributed by atoms with E-state index in [1.54, 1.807) is 96.4 Å². The normalized spacial score (nSPS) is 11.1. The van der Waals surface area contributed by atoms with Crippen LogP contribution in [0.4, 0.5) is 11.4 Å². The molecule has 190 valence electrons. The lowest BCUT2D eigenvalue weighted by Crippen LogP contribution is -2.31. The molecule has 0 unspecified atom stereocenters. The maximum absolute atomic E-state index is 13.2. The van der Waals surface area contributed by atoms with E-state index in [0.29, 0.717) is 35.6 Å². The molecule has 0 aliphatic heterocycles. The Morgan fingerprint density at radius 1 is 0.833 bits per heavy atom. The molecule has 0 atom stereocenters. The maximum atomic E-state index is 13.2. The van der Waals surface area contributed by atoms with Gasteiger partial charge in [-0.3, -0.25) is 13.9 Å². The van der Waals surface area contributed by atoms with Crippen LogP contribution in [0.2, 0.25) is 0 Å². The molecule has 0 saturated heterocycles. The number of benzene rings is 3. The van der Waals surface area contributed by atoms with Crippen LogP contribution in [-0.2, 0) is 10.0 Å². The Hall–Kier alpha value is -3.30. The molecule has 2 amide bonds. The Morgan fingerprint density at radius 3 is 2.00 bits per heavy atom. The zero-order valence-corrected chi connectivity index (χ0v) is 22.5. The summed E-state index contributed by atoms with van der Waals surface area (Å²) in [5.41, 5.74) is 1.65. The third-order valence-electron chi connectivity index (χ3n) is 5.81. The number of carbonyl (C=O) groups is 2. The van der Waals surface area contributed by atoms with Gasteiger partial charge >= 0.3 is 0 Å². The second-order valence-corrected chi connectivity index (χ2v) is 10.6. The SMILES string of the molecule is CCN(CC)C(=O)c1ccccc1NC(=O)c1ccc(N(CC)S(=O)(=O)c2ccc(SC)cc2)cc1. The third kappa shape index (κ3) is 5.91. The van der Waals surface area contributed by atoms with Crippen LogP contribution in [0.15, 0.2) is 82.6 Å². The first-order valence-corrected chi connectivity index (χ1v) is 14.4. The number of anilines is 2. The number of thioether (sulfide) groups is 1. The highest BCUT2D eigenvalue weighted by Crippen LogP contribution is 2.26. The number of hydrogen-bond donors (Lipinski definition) is 1. The van der Waals surface area contributed by atoms with E-state index >= 15 is 0 Å². The average Bonchev–Trinajstić information content (AvgIpc) is 2.90. The monoisotopic (exact) mass is 525 g/mol. The molecule has 1 N–H and O–H groups in total. The van der Waals surface area contributed by atoms with Crippen molar-refractivity contribution >= 4 is 45.0 Å². The van der Waals surface area contributed by atoms with E-state index in [0.717, 1.165) is 4.90 Å². The van der Waals surface area contributed by atoms with Crippen molar-refractivity contribution in [3.8, 4) is 0 Å². The van der Waals surface area contributed by atoms with Gasteiger partial charge in [0.1, 0.15) is 0 Å². The minimum absolute atomic E-state index is 0.152. The fraction of sp³-hybridized carbons (Fsp3) is 0.259. The summed E-state index contributed by atoms with van der Waals surface area (Å²) in [7, 11) is -3.76. The lowest BCUT2D eigenvalue weighted by molar-refractivity contribution is 0.0774. The molecule has 0 aromatic heterocycles. The van der Waals surface area contributed by atoms with Crippen LogP contribution in [0.25, 0.3) is 0 Å². The summed E-state index contributed by atoms with van der Waals surface area (Å²) in [6, 6.07) is 20.0. The van der Waals surface area contributed by atoms with Crippen molar-refractivity contribution in [1.82, 2.24) is 4.90 Å². The minimum atomic E-state index is -3.76. The first-order valence-electron chi connectivity index (χ1n) is 11.7. The second-order valence-electron chi connectivity index (χ2n) is 7.87. The molecule has 9 heteroatoms. The van der Waals surface area contributed by atoms with Gasteiger partial charge in [-0.25, -0.2) is 8.42 Å². The molecule has 3 aromatic rings. The number of amides is 2. The molecule has 0 fully saturated rings. The number of sulfonamides is 1. The minimum Gasteiger partial charge on any atom is -0.339 e. The quantitative estimate of drug-likeness (QED) is 0.360. The van der Waals surface area contributed by atoms with Crippen LogP contribution in [0.1, 0.15) is 41.5 Å². The fourth-order valence-corrected chi connectivity index (χ4v) is 5.68. The number of carbonyl (C=O) groups excluding carboxylic acids is 2. The van der Waals surface area contributed by atoms with Gasteiger partial charge in [0.2, 0.25) is 0 Å². The Labute approximate surface area is 217 Å². The van der Waals surface area contributed by atoms with E-state index in [2.05, 4.69) is 5.32 Å². The molecule has 0 saturated carbocycles. The highest BCUT2D eigenvalue weighted by Gasteiger charge is 2.24. The summed E-state index contributed by atoms with van der Waals surface area (Å²) >= 11 is 1.54. The Balaban J connectivity index is 1.82. The van der Waals surface area contributed by atoms with Crippen molar-refractivity contribution in [3.05, 3.63) is 83.9 Å². The highest BCUT2D eigenvalue weighted by molar-refractivity contribution is 7.98.